The Hall–Kier alpha value is -1.14. The van der Waals surface area contributed by atoms with E-state index < -0.39 is 6.10 Å². The molecule has 0 heterocycles. The van der Waals surface area contributed by atoms with Crippen molar-refractivity contribution in [3.63, 3.8) is 0 Å². The molecule has 1 rings (SSSR count). The molecule has 0 aliphatic heterocycles. The number of benzene rings is 1. The summed E-state index contributed by atoms with van der Waals surface area (Å²) in [7, 11) is 1.70. The van der Waals surface area contributed by atoms with Gasteiger partial charge in [-0.15, -0.1) is 0 Å². The first kappa shape index (κ1) is 18.9. The number of rotatable bonds is 9. The molecule has 0 amide bonds. The number of ether oxygens (including phenoxy) is 2. The van der Waals surface area contributed by atoms with Gasteiger partial charge >= 0.3 is 0 Å². The van der Waals surface area contributed by atoms with Crippen molar-refractivity contribution in [2.24, 2.45) is 0 Å². The minimum absolute atomic E-state index is 0. The number of nitrogens with one attached hydrogen (secondary N) is 1. The Morgan fingerprint density at radius 3 is 2.40 bits per heavy atom. The zero-order chi connectivity index (χ0) is 14.1. The van der Waals surface area contributed by atoms with Gasteiger partial charge in [-0.1, -0.05) is 26.0 Å². The maximum atomic E-state index is 9.73. The average Bonchev–Trinajstić information content (AvgIpc) is 2.41. The van der Waals surface area contributed by atoms with Crippen LogP contribution in [0.1, 0.15) is 19.4 Å². The minimum atomic E-state index is -0.490. The monoisotopic (exact) mass is 285 g/mol. The first-order valence-electron chi connectivity index (χ1n) is 6.74. The van der Waals surface area contributed by atoms with Gasteiger partial charge in [-0.3, -0.25) is 0 Å². The Labute approximate surface area is 121 Å². The fourth-order valence-electron chi connectivity index (χ4n) is 1.60. The van der Waals surface area contributed by atoms with Crippen molar-refractivity contribution in [1.29, 1.82) is 0 Å². The molecule has 0 bridgehead atoms. The Kier molecular flexibility index (Phi) is 10.0. The number of aliphatic hydroxyl groups excluding tert-OH is 1. The van der Waals surface area contributed by atoms with Gasteiger partial charge < -0.3 is 25.4 Å². The third-order valence-electron chi connectivity index (χ3n) is 2.72. The SMILES string of the molecule is COCCc1ccc(OCC(O)CNC(C)C)cc1.O. The average molecular weight is 285 g/mol. The lowest BCUT2D eigenvalue weighted by Crippen LogP contribution is -2.35. The van der Waals surface area contributed by atoms with Crippen LogP contribution in [-0.4, -0.2) is 49.6 Å². The summed E-state index contributed by atoms with van der Waals surface area (Å²) in [6, 6.07) is 8.26. The lowest BCUT2D eigenvalue weighted by molar-refractivity contribution is 0.104. The Morgan fingerprint density at radius 2 is 1.85 bits per heavy atom. The van der Waals surface area contributed by atoms with Crippen molar-refractivity contribution in [3.8, 4) is 5.75 Å². The molecular formula is C15H27NO4. The molecule has 0 spiro atoms. The maximum absolute atomic E-state index is 9.73. The van der Waals surface area contributed by atoms with E-state index in [1.165, 1.54) is 5.56 Å². The molecule has 5 nitrogen and oxygen atoms in total. The molecule has 5 heteroatoms. The van der Waals surface area contributed by atoms with Gasteiger partial charge in [0.05, 0.1) is 6.61 Å². The standard InChI is InChI=1S/C15H25NO3.H2O/c1-12(2)16-10-14(17)11-19-15-6-4-13(5-7-15)8-9-18-3;/h4-7,12,14,16-17H,8-11H2,1-3H3;1H2. The van der Waals surface area contributed by atoms with Crippen molar-refractivity contribution in [3.05, 3.63) is 29.8 Å². The van der Waals surface area contributed by atoms with Crippen LogP contribution in [0, 0.1) is 0 Å². The fourth-order valence-corrected chi connectivity index (χ4v) is 1.60. The van der Waals surface area contributed by atoms with Gasteiger partial charge in [0.1, 0.15) is 18.5 Å². The third-order valence-corrected chi connectivity index (χ3v) is 2.72. The second kappa shape index (κ2) is 10.6. The van der Waals surface area contributed by atoms with Crippen LogP contribution in [0.5, 0.6) is 5.75 Å². The van der Waals surface area contributed by atoms with Crippen LogP contribution in [0.4, 0.5) is 0 Å². The quantitative estimate of drug-likeness (QED) is 0.703. The molecule has 1 atom stereocenters. The number of hydrogen-bond donors (Lipinski definition) is 2. The largest absolute Gasteiger partial charge is 0.491 e. The molecule has 0 fully saturated rings. The summed E-state index contributed by atoms with van der Waals surface area (Å²) in [6.07, 6.45) is 0.410. The summed E-state index contributed by atoms with van der Waals surface area (Å²) in [4.78, 5) is 0. The van der Waals surface area contributed by atoms with Crippen LogP contribution in [0.2, 0.25) is 0 Å². The van der Waals surface area contributed by atoms with Gasteiger partial charge in [0, 0.05) is 19.7 Å². The number of methoxy groups -OCH3 is 1. The summed E-state index contributed by atoms with van der Waals surface area (Å²) < 4.78 is 10.6. The van der Waals surface area contributed by atoms with E-state index in [1.54, 1.807) is 7.11 Å². The van der Waals surface area contributed by atoms with Crippen LogP contribution < -0.4 is 10.1 Å². The smallest absolute Gasteiger partial charge is 0.119 e. The number of aliphatic hydroxyl groups is 1. The fraction of sp³-hybridized carbons (Fsp3) is 0.600. The maximum Gasteiger partial charge on any atom is 0.119 e. The molecule has 0 saturated carbocycles. The van der Waals surface area contributed by atoms with Crippen molar-refractivity contribution >= 4 is 0 Å². The first-order valence-corrected chi connectivity index (χ1v) is 6.74. The van der Waals surface area contributed by atoms with E-state index in [1.807, 2.05) is 38.1 Å². The van der Waals surface area contributed by atoms with Crippen LogP contribution >= 0.6 is 0 Å². The van der Waals surface area contributed by atoms with Gasteiger partial charge in [0.25, 0.3) is 0 Å². The summed E-state index contributed by atoms with van der Waals surface area (Å²) in [6.45, 7) is 5.67. The Bertz CT molecular complexity index is 340. The molecule has 0 aromatic heterocycles. The lowest BCUT2D eigenvalue weighted by Gasteiger charge is -2.15. The third kappa shape index (κ3) is 8.12. The van der Waals surface area contributed by atoms with Crippen molar-refractivity contribution in [2.45, 2.75) is 32.4 Å². The molecule has 1 aromatic rings. The van der Waals surface area contributed by atoms with E-state index in [4.69, 9.17) is 9.47 Å². The van der Waals surface area contributed by atoms with Gasteiger partial charge in [0.2, 0.25) is 0 Å². The van der Waals surface area contributed by atoms with E-state index in [2.05, 4.69) is 5.32 Å². The normalized spacial score (nSPS) is 12.1. The van der Waals surface area contributed by atoms with E-state index in [9.17, 15) is 5.11 Å². The van der Waals surface area contributed by atoms with Gasteiger partial charge in [0.15, 0.2) is 0 Å². The molecule has 1 aromatic carbocycles. The van der Waals surface area contributed by atoms with E-state index >= 15 is 0 Å². The summed E-state index contributed by atoms with van der Waals surface area (Å²) in [5.41, 5.74) is 1.22. The molecule has 20 heavy (non-hydrogen) atoms. The molecule has 0 radical (unpaired) electrons. The van der Waals surface area contributed by atoms with E-state index in [-0.39, 0.29) is 5.48 Å². The van der Waals surface area contributed by atoms with Crippen molar-refractivity contribution in [2.75, 3.05) is 26.9 Å². The highest BCUT2D eigenvalue weighted by atomic mass is 16.5. The van der Waals surface area contributed by atoms with E-state index in [0.717, 1.165) is 18.8 Å². The minimum Gasteiger partial charge on any atom is -0.491 e. The highest BCUT2D eigenvalue weighted by Gasteiger charge is 2.05. The summed E-state index contributed by atoms with van der Waals surface area (Å²) in [5.74, 6) is 0.782. The highest BCUT2D eigenvalue weighted by Crippen LogP contribution is 2.12. The molecule has 1 unspecified atom stereocenters. The van der Waals surface area contributed by atoms with Crippen LogP contribution in [0.15, 0.2) is 24.3 Å². The Balaban J connectivity index is 0.00000361. The van der Waals surface area contributed by atoms with Crippen molar-refractivity contribution in [1.82, 2.24) is 5.32 Å². The summed E-state index contributed by atoms with van der Waals surface area (Å²) >= 11 is 0. The predicted octanol–water partition coefficient (Wildman–Crippen LogP) is 0.788. The second-order valence-electron chi connectivity index (χ2n) is 4.91. The Morgan fingerprint density at radius 1 is 1.20 bits per heavy atom. The molecular weight excluding hydrogens is 258 g/mol. The molecule has 0 saturated heterocycles. The zero-order valence-corrected chi connectivity index (χ0v) is 12.6. The predicted molar refractivity (Wildman–Crippen MR) is 80.3 cm³/mol. The lowest BCUT2D eigenvalue weighted by atomic mass is 10.1. The second-order valence-corrected chi connectivity index (χ2v) is 4.91. The van der Waals surface area contributed by atoms with Gasteiger partial charge in [-0.2, -0.15) is 0 Å². The van der Waals surface area contributed by atoms with Crippen molar-refractivity contribution < 1.29 is 20.1 Å². The molecule has 0 aliphatic carbocycles. The van der Waals surface area contributed by atoms with Crippen LogP contribution in [-0.2, 0) is 11.2 Å². The topological polar surface area (TPSA) is 82.2 Å². The first-order chi connectivity index (χ1) is 9.11. The molecule has 0 aliphatic rings. The van der Waals surface area contributed by atoms with Gasteiger partial charge in [-0.25, -0.2) is 0 Å². The van der Waals surface area contributed by atoms with Crippen LogP contribution in [0.25, 0.3) is 0 Å². The van der Waals surface area contributed by atoms with E-state index in [0.29, 0.717) is 19.2 Å². The van der Waals surface area contributed by atoms with Crippen LogP contribution in [0.3, 0.4) is 0 Å². The van der Waals surface area contributed by atoms with Gasteiger partial charge in [-0.05, 0) is 24.1 Å². The number of hydrogen-bond acceptors (Lipinski definition) is 4. The molecule has 116 valence electrons. The highest BCUT2D eigenvalue weighted by molar-refractivity contribution is 5.27. The molecule has 4 N–H and O–H groups in total. The zero-order valence-electron chi connectivity index (χ0n) is 12.6. The summed E-state index contributed by atoms with van der Waals surface area (Å²) in [5, 5.41) is 12.9.